The third-order valence-corrected chi connectivity index (χ3v) is 4.69. The number of methoxy groups -OCH3 is 1. The van der Waals surface area contributed by atoms with Gasteiger partial charge in [-0.3, -0.25) is 4.79 Å². The number of benzene rings is 2. The van der Waals surface area contributed by atoms with Gasteiger partial charge in [0.1, 0.15) is 11.5 Å². The van der Waals surface area contributed by atoms with E-state index in [0.717, 1.165) is 29.8 Å². The standard InChI is InChI=1S/C21H21N3O4/c1-14-22-20(23-28-14)13-27-19-8-4-3-7-17(19)21(25)24-11-5-6-15-12-16(26-2)9-10-18(15)24/h3-4,7-10,12H,5-6,11,13H2,1-2H3. The molecule has 0 aliphatic carbocycles. The molecule has 0 radical (unpaired) electrons. The number of nitrogens with zero attached hydrogens (tertiary/aromatic N) is 3. The number of amides is 1. The molecule has 0 atom stereocenters. The van der Waals surface area contributed by atoms with Crippen LogP contribution in [0.4, 0.5) is 5.69 Å². The van der Waals surface area contributed by atoms with Gasteiger partial charge in [-0.15, -0.1) is 0 Å². The molecule has 1 amide bonds. The lowest BCUT2D eigenvalue weighted by Crippen LogP contribution is -2.35. The van der Waals surface area contributed by atoms with Gasteiger partial charge in [-0.2, -0.15) is 4.98 Å². The second kappa shape index (κ2) is 7.72. The maximum absolute atomic E-state index is 13.3. The number of ether oxygens (including phenoxy) is 2. The number of fused-ring (bicyclic) bond motifs is 1. The molecular formula is C21H21N3O4. The van der Waals surface area contributed by atoms with E-state index in [1.165, 1.54) is 0 Å². The van der Waals surface area contributed by atoms with Gasteiger partial charge in [-0.1, -0.05) is 17.3 Å². The first-order valence-electron chi connectivity index (χ1n) is 9.15. The number of rotatable bonds is 5. The fourth-order valence-electron chi connectivity index (χ4n) is 3.37. The third-order valence-electron chi connectivity index (χ3n) is 4.69. The molecule has 4 rings (SSSR count). The lowest BCUT2D eigenvalue weighted by Gasteiger charge is -2.30. The minimum atomic E-state index is -0.0917. The molecule has 28 heavy (non-hydrogen) atoms. The molecule has 144 valence electrons. The SMILES string of the molecule is COc1ccc2c(c1)CCCN2C(=O)c1ccccc1OCc1noc(C)n1. The van der Waals surface area contributed by atoms with Gasteiger partial charge in [0.05, 0.1) is 12.7 Å². The number of carbonyl (C=O) groups is 1. The quantitative estimate of drug-likeness (QED) is 0.675. The predicted octanol–water partition coefficient (Wildman–Crippen LogP) is 3.56. The molecule has 0 fully saturated rings. The number of hydrogen-bond donors (Lipinski definition) is 0. The molecule has 3 aromatic rings. The maximum Gasteiger partial charge on any atom is 0.262 e. The fraction of sp³-hybridized carbons (Fsp3) is 0.286. The summed E-state index contributed by atoms with van der Waals surface area (Å²) < 4.78 is 16.1. The number of hydrogen-bond acceptors (Lipinski definition) is 6. The van der Waals surface area contributed by atoms with Crippen LogP contribution < -0.4 is 14.4 Å². The fourth-order valence-corrected chi connectivity index (χ4v) is 3.37. The van der Waals surface area contributed by atoms with Gasteiger partial charge in [-0.25, -0.2) is 0 Å². The summed E-state index contributed by atoms with van der Waals surface area (Å²) in [6.45, 7) is 2.52. The van der Waals surface area contributed by atoms with Crippen LogP contribution in [-0.2, 0) is 13.0 Å². The topological polar surface area (TPSA) is 77.7 Å². The molecule has 1 aliphatic heterocycles. The van der Waals surface area contributed by atoms with Gasteiger partial charge < -0.3 is 18.9 Å². The summed E-state index contributed by atoms with van der Waals surface area (Å²) in [6, 6.07) is 13.0. The van der Waals surface area contributed by atoms with Crippen LogP contribution in [0, 0.1) is 6.92 Å². The first-order chi connectivity index (χ1) is 13.7. The van der Waals surface area contributed by atoms with Gasteiger partial charge in [0.15, 0.2) is 6.61 Å². The van der Waals surface area contributed by atoms with Crippen molar-refractivity contribution in [3.63, 3.8) is 0 Å². The molecule has 1 aromatic heterocycles. The Morgan fingerprint density at radius 2 is 2.11 bits per heavy atom. The zero-order chi connectivity index (χ0) is 19.5. The summed E-state index contributed by atoms with van der Waals surface area (Å²) in [4.78, 5) is 19.2. The molecule has 2 aromatic carbocycles. The van der Waals surface area contributed by atoms with E-state index >= 15 is 0 Å². The maximum atomic E-state index is 13.3. The molecule has 0 saturated heterocycles. The van der Waals surface area contributed by atoms with Crippen LogP contribution in [-0.4, -0.2) is 29.7 Å². The van der Waals surface area contributed by atoms with Crippen molar-refractivity contribution in [2.75, 3.05) is 18.6 Å². The number of anilines is 1. The first kappa shape index (κ1) is 18.0. The Morgan fingerprint density at radius 3 is 2.89 bits per heavy atom. The second-order valence-corrected chi connectivity index (χ2v) is 6.57. The van der Waals surface area contributed by atoms with Crippen molar-refractivity contribution in [2.45, 2.75) is 26.4 Å². The Morgan fingerprint density at radius 1 is 1.25 bits per heavy atom. The minimum Gasteiger partial charge on any atom is -0.497 e. The van der Waals surface area contributed by atoms with E-state index in [1.54, 1.807) is 31.1 Å². The Kier molecular flexibility index (Phi) is 4.97. The van der Waals surface area contributed by atoms with E-state index < -0.39 is 0 Å². The van der Waals surface area contributed by atoms with Crippen molar-refractivity contribution in [3.05, 3.63) is 65.3 Å². The summed E-state index contributed by atoms with van der Waals surface area (Å²) in [7, 11) is 1.65. The Hall–Kier alpha value is -3.35. The second-order valence-electron chi connectivity index (χ2n) is 6.57. The summed E-state index contributed by atoms with van der Waals surface area (Å²) in [5.41, 5.74) is 2.53. The normalized spacial score (nSPS) is 13.1. The molecular weight excluding hydrogens is 358 g/mol. The van der Waals surface area contributed by atoms with Crippen molar-refractivity contribution in [3.8, 4) is 11.5 Å². The lowest BCUT2D eigenvalue weighted by molar-refractivity contribution is 0.0980. The van der Waals surface area contributed by atoms with E-state index in [2.05, 4.69) is 10.1 Å². The summed E-state index contributed by atoms with van der Waals surface area (Å²) in [5, 5.41) is 3.82. The van der Waals surface area contributed by atoms with Gasteiger partial charge in [-0.05, 0) is 48.7 Å². The molecule has 2 heterocycles. The molecule has 7 heteroatoms. The highest BCUT2D eigenvalue weighted by molar-refractivity contribution is 6.08. The third kappa shape index (κ3) is 3.55. The molecule has 7 nitrogen and oxygen atoms in total. The van der Waals surface area contributed by atoms with Crippen molar-refractivity contribution in [2.24, 2.45) is 0 Å². The Bertz CT molecular complexity index is 999. The zero-order valence-electron chi connectivity index (χ0n) is 15.8. The lowest BCUT2D eigenvalue weighted by atomic mass is 10.00. The van der Waals surface area contributed by atoms with Gasteiger partial charge in [0.25, 0.3) is 5.91 Å². The van der Waals surface area contributed by atoms with Gasteiger partial charge >= 0.3 is 0 Å². The summed E-state index contributed by atoms with van der Waals surface area (Å²) >= 11 is 0. The minimum absolute atomic E-state index is 0.0917. The van der Waals surface area contributed by atoms with Crippen LogP contribution in [0.3, 0.4) is 0 Å². The number of carbonyl (C=O) groups excluding carboxylic acids is 1. The zero-order valence-corrected chi connectivity index (χ0v) is 15.8. The van der Waals surface area contributed by atoms with Crippen molar-refractivity contribution >= 4 is 11.6 Å². The highest BCUT2D eigenvalue weighted by Gasteiger charge is 2.26. The molecule has 0 N–H and O–H groups in total. The average molecular weight is 379 g/mol. The number of aromatic nitrogens is 2. The molecule has 0 spiro atoms. The van der Waals surface area contributed by atoms with E-state index in [0.29, 0.717) is 29.6 Å². The summed E-state index contributed by atoms with van der Waals surface area (Å²) in [6.07, 6.45) is 1.82. The van der Waals surface area contributed by atoms with Crippen LogP contribution in [0.2, 0.25) is 0 Å². The van der Waals surface area contributed by atoms with Crippen LogP contribution in [0.5, 0.6) is 11.5 Å². The van der Waals surface area contributed by atoms with Gasteiger partial charge in [0, 0.05) is 19.2 Å². The van der Waals surface area contributed by atoms with Crippen LogP contribution in [0.25, 0.3) is 0 Å². The summed E-state index contributed by atoms with van der Waals surface area (Å²) in [5.74, 6) is 2.12. The van der Waals surface area contributed by atoms with E-state index in [1.807, 2.05) is 30.3 Å². The predicted molar refractivity (Wildman–Crippen MR) is 103 cm³/mol. The number of aryl methyl sites for hydroxylation is 2. The Labute approximate surface area is 162 Å². The number of para-hydroxylation sites is 1. The van der Waals surface area contributed by atoms with Crippen molar-refractivity contribution in [1.29, 1.82) is 0 Å². The van der Waals surface area contributed by atoms with Crippen molar-refractivity contribution < 1.29 is 18.8 Å². The van der Waals surface area contributed by atoms with Gasteiger partial charge in [0.2, 0.25) is 11.7 Å². The molecule has 0 unspecified atom stereocenters. The molecule has 1 aliphatic rings. The molecule has 0 saturated carbocycles. The average Bonchev–Trinajstić information content (AvgIpc) is 3.16. The highest BCUT2D eigenvalue weighted by Crippen LogP contribution is 2.33. The Balaban J connectivity index is 1.59. The highest BCUT2D eigenvalue weighted by atomic mass is 16.5. The van der Waals surface area contributed by atoms with Crippen molar-refractivity contribution in [1.82, 2.24) is 10.1 Å². The van der Waals surface area contributed by atoms with E-state index in [9.17, 15) is 4.79 Å². The van der Waals surface area contributed by atoms with E-state index in [4.69, 9.17) is 14.0 Å². The van der Waals surface area contributed by atoms with E-state index in [-0.39, 0.29) is 12.5 Å². The smallest absolute Gasteiger partial charge is 0.262 e. The van der Waals surface area contributed by atoms with Crippen LogP contribution in [0.1, 0.15) is 34.1 Å². The van der Waals surface area contributed by atoms with Crippen LogP contribution in [0.15, 0.2) is 47.0 Å². The first-order valence-corrected chi connectivity index (χ1v) is 9.15. The molecule has 0 bridgehead atoms. The largest absolute Gasteiger partial charge is 0.497 e. The monoisotopic (exact) mass is 379 g/mol. The van der Waals surface area contributed by atoms with Crippen LogP contribution >= 0.6 is 0 Å².